The van der Waals surface area contributed by atoms with E-state index < -0.39 is 0 Å². The predicted octanol–water partition coefficient (Wildman–Crippen LogP) is 4.73. The van der Waals surface area contributed by atoms with E-state index in [0.717, 1.165) is 29.1 Å². The van der Waals surface area contributed by atoms with Gasteiger partial charge < -0.3 is 10.1 Å². The number of anilines is 1. The van der Waals surface area contributed by atoms with Crippen molar-refractivity contribution in [1.29, 1.82) is 0 Å². The van der Waals surface area contributed by atoms with Crippen LogP contribution in [0.1, 0.15) is 49.8 Å². The fourth-order valence-corrected chi connectivity index (χ4v) is 3.83. The average molecular weight is 389 g/mol. The maximum atomic E-state index is 12.5. The molecule has 150 valence electrons. The van der Waals surface area contributed by atoms with E-state index in [1.807, 2.05) is 47.3 Å². The summed E-state index contributed by atoms with van der Waals surface area (Å²) in [7, 11) is 0. The van der Waals surface area contributed by atoms with Crippen molar-refractivity contribution in [2.75, 3.05) is 11.9 Å². The highest BCUT2D eigenvalue weighted by Gasteiger charge is 2.33. The molecule has 1 amide bonds. The van der Waals surface area contributed by atoms with Crippen LogP contribution in [0, 0.1) is 0 Å². The molecule has 29 heavy (non-hydrogen) atoms. The van der Waals surface area contributed by atoms with E-state index >= 15 is 0 Å². The van der Waals surface area contributed by atoms with Gasteiger partial charge in [0.2, 0.25) is 5.91 Å². The molecule has 0 aliphatic carbocycles. The third kappa shape index (κ3) is 4.04. The van der Waals surface area contributed by atoms with Crippen LogP contribution in [0.15, 0.2) is 60.8 Å². The summed E-state index contributed by atoms with van der Waals surface area (Å²) in [5, 5.41) is 7.59. The summed E-state index contributed by atoms with van der Waals surface area (Å²) in [6.07, 6.45) is 3.11. The summed E-state index contributed by atoms with van der Waals surface area (Å²) in [5.74, 6) is 1.56. The summed E-state index contributed by atoms with van der Waals surface area (Å²) in [5.41, 5.74) is 3.11. The average Bonchev–Trinajstić information content (AvgIpc) is 3.13. The van der Waals surface area contributed by atoms with Crippen LogP contribution in [0.5, 0.6) is 5.75 Å². The van der Waals surface area contributed by atoms with Crippen molar-refractivity contribution in [3.05, 3.63) is 77.5 Å². The van der Waals surface area contributed by atoms with Gasteiger partial charge in [0.05, 0.1) is 18.3 Å². The Morgan fingerprint density at radius 2 is 1.79 bits per heavy atom. The first-order valence-corrected chi connectivity index (χ1v) is 10.1. The monoisotopic (exact) mass is 389 g/mol. The Hall–Kier alpha value is -3.08. The molecule has 1 aromatic heterocycles. The van der Waals surface area contributed by atoms with Gasteiger partial charge in [-0.3, -0.25) is 4.79 Å². The van der Waals surface area contributed by atoms with E-state index in [-0.39, 0.29) is 17.4 Å². The number of ether oxygens (including phenoxy) is 1. The molecule has 5 heteroatoms. The number of aromatic nitrogens is 2. The van der Waals surface area contributed by atoms with Crippen LogP contribution in [0.2, 0.25) is 0 Å². The molecule has 1 aliphatic rings. The summed E-state index contributed by atoms with van der Waals surface area (Å²) in [6.45, 7) is 6.83. The number of para-hydroxylation sites is 1. The maximum Gasteiger partial charge on any atom is 0.226 e. The Kier molecular flexibility index (Phi) is 5.14. The van der Waals surface area contributed by atoms with Crippen LogP contribution in [0.3, 0.4) is 0 Å². The number of fused-ring (bicyclic) bond motifs is 1. The summed E-state index contributed by atoms with van der Waals surface area (Å²) >= 11 is 0. The molecule has 0 radical (unpaired) electrons. The van der Waals surface area contributed by atoms with Gasteiger partial charge in [-0.25, -0.2) is 4.68 Å². The molecular formula is C24H27N3O2. The van der Waals surface area contributed by atoms with Crippen molar-refractivity contribution in [2.45, 2.75) is 45.1 Å². The number of benzene rings is 2. The smallest absolute Gasteiger partial charge is 0.226 e. The Balaban J connectivity index is 1.61. The van der Waals surface area contributed by atoms with Gasteiger partial charge >= 0.3 is 0 Å². The Labute approximate surface area is 171 Å². The number of rotatable bonds is 5. The largest absolute Gasteiger partial charge is 0.493 e. The van der Waals surface area contributed by atoms with Gasteiger partial charge in [0.15, 0.2) is 0 Å². The minimum Gasteiger partial charge on any atom is -0.493 e. The number of nitrogens with zero attached hydrogens (tertiary/aromatic N) is 2. The van der Waals surface area contributed by atoms with Gasteiger partial charge in [0, 0.05) is 29.9 Å². The minimum absolute atomic E-state index is 0.00703. The zero-order chi connectivity index (χ0) is 20.4. The highest BCUT2D eigenvalue weighted by atomic mass is 16.5. The van der Waals surface area contributed by atoms with Crippen LogP contribution in [0.25, 0.3) is 0 Å². The molecule has 1 N–H and O–H groups in total. The number of carbonyl (C=O) groups excluding carboxylic acids is 1. The van der Waals surface area contributed by atoms with E-state index in [9.17, 15) is 4.79 Å². The third-order valence-electron chi connectivity index (χ3n) is 5.24. The van der Waals surface area contributed by atoms with Crippen molar-refractivity contribution < 1.29 is 9.53 Å². The van der Waals surface area contributed by atoms with Crippen LogP contribution in [-0.2, 0) is 16.8 Å². The van der Waals surface area contributed by atoms with Crippen molar-refractivity contribution in [3.8, 4) is 5.75 Å². The molecule has 2 heterocycles. The molecule has 3 aromatic rings. The van der Waals surface area contributed by atoms with E-state index in [0.29, 0.717) is 13.0 Å². The fourth-order valence-electron chi connectivity index (χ4n) is 3.83. The molecule has 5 nitrogen and oxygen atoms in total. The number of amides is 1. The fraction of sp³-hybridized carbons (Fsp3) is 0.333. The second kappa shape index (κ2) is 7.74. The summed E-state index contributed by atoms with van der Waals surface area (Å²) in [6, 6.07) is 18.3. The molecule has 1 aliphatic heterocycles. The molecule has 0 saturated carbocycles. The van der Waals surface area contributed by atoms with Gasteiger partial charge in [0.1, 0.15) is 11.6 Å². The normalized spacial score (nSPS) is 16.2. The van der Waals surface area contributed by atoms with Crippen LogP contribution < -0.4 is 10.1 Å². The standard InChI is InChI=1S/C24H27N3O2/c1-24(2,3)27-23-20(16-25-27)19(15-22(28)26-23)18-11-7-8-12-21(18)29-14-13-17-9-5-4-6-10-17/h4-12,16,19H,13-15H2,1-3H3,(H,26,28)/t19-/m1/s1. The summed E-state index contributed by atoms with van der Waals surface area (Å²) in [4.78, 5) is 12.5. The summed E-state index contributed by atoms with van der Waals surface area (Å²) < 4.78 is 8.05. The Bertz CT molecular complexity index is 1000. The SMILES string of the molecule is CC(C)(C)n1ncc2c1NC(=O)C[C@@H]2c1ccccc1OCCc1ccccc1. The first-order chi connectivity index (χ1) is 13.9. The Morgan fingerprint density at radius 3 is 2.55 bits per heavy atom. The Morgan fingerprint density at radius 1 is 1.07 bits per heavy atom. The first kappa shape index (κ1) is 19.2. The third-order valence-corrected chi connectivity index (χ3v) is 5.24. The molecule has 0 spiro atoms. The van der Waals surface area contributed by atoms with E-state index in [1.54, 1.807) is 0 Å². The van der Waals surface area contributed by atoms with E-state index in [4.69, 9.17) is 4.74 Å². The quantitative estimate of drug-likeness (QED) is 0.686. The van der Waals surface area contributed by atoms with Crippen LogP contribution >= 0.6 is 0 Å². The topological polar surface area (TPSA) is 56.2 Å². The number of hydrogen-bond acceptors (Lipinski definition) is 3. The van der Waals surface area contributed by atoms with Crippen LogP contribution in [-0.4, -0.2) is 22.3 Å². The van der Waals surface area contributed by atoms with Gasteiger partial charge in [-0.05, 0) is 32.4 Å². The lowest BCUT2D eigenvalue weighted by molar-refractivity contribution is -0.116. The lowest BCUT2D eigenvalue weighted by Crippen LogP contribution is -2.30. The molecule has 0 bridgehead atoms. The molecular weight excluding hydrogens is 362 g/mol. The second-order valence-corrected chi connectivity index (χ2v) is 8.46. The first-order valence-electron chi connectivity index (χ1n) is 10.1. The molecule has 4 rings (SSSR count). The zero-order valence-corrected chi connectivity index (χ0v) is 17.2. The van der Waals surface area contributed by atoms with Gasteiger partial charge in [-0.1, -0.05) is 48.5 Å². The van der Waals surface area contributed by atoms with Crippen LogP contribution in [0.4, 0.5) is 5.82 Å². The van der Waals surface area contributed by atoms with E-state index in [2.05, 4.69) is 49.4 Å². The van der Waals surface area contributed by atoms with Gasteiger partial charge in [-0.2, -0.15) is 5.10 Å². The maximum absolute atomic E-state index is 12.5. The molecule has 1 atom stereocenters. The number of hydrogen-bond donors (Lipinski definition) is 1. The number of nitrogens with one attached hydrogen (secondary N) is 1. The lowest BCUT2D eigenvalue weighted by Gasteiger charge is -2.28. The molecule has 0 fully saturated rings. The molecule has 0 unspecified atom stereocenters. The highest BCUT2D eigenvalue weighted by molar-refractivity contribution is 5.94. The van der Waals surface area contributed by atoms with Gasteiger partial charge in [0.25, 0.3) is 0 Å². The molecule has 0 saturated heterocycles. The highest BCUT2D eigenvalue weighted by Crippen LogP contribution is 2.41. The van der Waals surface area contributed by atoms with Crippen molar-refractivity contribution in [3.63, 3.8) is 0 Å². The number of carbonyl (C=O) groups is 1. The van der Waals surface area contributed by atoms with Crippen molar-refractivity contribution >= 4 is 11.7 Å². The predicted molar refractivity (Wildman–Crippen MR) is 114 cm³/mol. The van der Waals surface area contributed by atoms with Crippen molar-refractivity contribution in [1.82, 2.24) is 9.78 Å². The van der Waals surface area contributed by atoms with Crippen molar-refractivity contribution in [2.24, 2.45) is 0 Å². The molecule has 2 aromatic carbocycles. The lowest BCUT2D eigenvalue weighted by atomic mass is 9.86. The second-order valence-electron chi connectivity index (χ2n) is 8.46. The van der Waals surface area contributed by atoms with E-state index in [1.165, 1.54) is 5.56 Å². The minimum atomic E-state index is -0.214. The van der Waals surface area contributed by atoms with Gasteiger partial charge in [-0.15, -0.1) is 0 Å². The zero-order valence-electron chi connectivity index (χ0n) is 17.2.